The number of carboxylic acid groups (broad SMARTS) is 1. The van der Waals surface area contributed by atoms with E-state index in [0.717, 1.165) is 0 Å². The molecule has 0 unspecified atom stereocenters. The zero-order valence-electron chi connectivity index (χ0n) is 8.52. The number of hydrogen-bond donors (Lipinski definition) is 1. The van der Waals surface area contributed by atoms with Crippen molar-refractivity contribution in [3.05, 3.63) is 23.9 Å². The monoisotopic (exact) mass is 205 g/mol. The number of hydrogen-bond acceptors (Lipinski definition) is 3. The second-order valence-electron chi connectivity index (χ2n) is 3.42. The molecule has 1 N–H and O–H groups in total. The lowest BCUT2D eigenvalue weighted by Gasteiger charge is -2.19. The van der Waals surface area contributed by atoms with Crippen LogP contribution in [-0.2, 0) is 0 Å². The van der Waals surface area contributed by atoms with Crippen LogP contribution in [0.3, 0.4) is 0 Å². The summed E-state index contributed by atoms with van der Waals surface area (Å²) in [6, 6.07) is 4.50. The van der Waals surface area contributed by atoms with Gasteiger partial charge in [0.05, 0.1) is 0 Å². The van der Waals surface area contributed by atoms with E-state index in [1.807, 2.05) is 0 Å². The highest BCUT2D eigenvalue weighted by Crippen LogP contribution is 2.15. The Labute approximate surface area is 87.9 Å². The van der Waals surface area contributed by atoms with Gasteiger partial charge in [0, 0.05) is 6.07 Å². The minimum atomic E-state index is -1.10. The number of terminal acetylenes is 1. The van der Waals surface area contributed by atoms with E-state index < -0.39 is 11.6 Å². The molecule has 0 amide bonds. The van der Waals surface area contributed by atoms with Gasteiger partial charge in [0.15, 0.2) is 11.3 Å². The quantitative estimate of drug-likeness (QED) is 0.761. The fourth-order valence-electron chi connectivity index (χ4n) is 0.882. The standard InChI is InChI=1S/C11H11NO3/c1-4-11(2,3)15-9-7-5-6-8(12-9)10(13)14/h1,5-7H,2-3H3,(H,13,14). The van der Waals surface area contributed by atoms with E-state index in [4.69, 9.17) is 16.3 Å². The van der Waals surface area contributed by atoms with Crippen molar-refractivity contribution < 1.29 is 14.6 Å². The van der Waals surface area contributed by atoms with Gasteiger partial charge >= 0.3 is 5.97 Å². The Kier molecular flexibility index (Phi) is 2.96. The summed E-state index contributed by atoms with van der Waals surface area (Å²) in [4.78, 5) is 14.4. The van der Waals surface area contributed by atoms with Crippen LogP contribution in [0.4, 0.5) is 0 Å². The zero-order valence-corrected chi connectivity index (χ0v) is 8.52. The summed E-state index contributed by atoms with van der Waals surface area (Å²) in [5.74, 6) is 1.54. The summed E-state index contributed by atoms with van der Waals surface area (Å²) < 4.78 is 5.33. The van der Waals surface area contributed by atoms with Crippen LogP contribution in [0.2, 0.25) is 0 Å². The summed E-state index contributed by atoms with van der Waals surface area (Å²) >= 11 is 0. The van der Waals surface area contributed by atoms with Gasteiger partial charge in [0.25, 0.3) is 0 Å². The van der Waals surface area contributed by atoms with Gasteiger partial charge in [0.1, 0.15) is 0 Å². The van der Waals surface area contributed by atoms with E-state index >= 15 is 0 Å². The second-order valence-corrected chi connectivity index (χ2v) is 3.42. The molecule has 0 atom stereocenters. The van der Waals surface area contributed by atoms with E-state index in [-0.39, 0.29) is 11.6 Å². The number of aromatic carboxylic acids is 1. The molecule has 1 aromatic rings. The van der Waals surface area contributed by atoms with Gasteiger partial charge in [-0.3, -0.25) is 0 Å². The van der Waals surface area contributed by atoms with Crippen LogP contribution < -0.4 is 4.74 Å². The maximum Gasteiger partial charge on any atom is 0.354 e. The maximum atomic E-state index is 10.6. The molecule has 0 aliphatic carbocycles. The summed E-state index contributed by atoms with van der Waals surface area (Å²) in [5.41, 5.74) is -0.871. The van der Waals surface area contributed by atoms with E-state index in [1.54, 1.807) is 26.0 Å². The smallest absolute Gasteiger partial charge is 0.354 e. The number of aromatic nitrogens is 1. The number of pyridine rings is 1. The Bertz CT molecular complexity index is 418. The molecule has 0 aromatic carbocycles. The van der Waals surface area contributed by atoms with Crippen molar-refractivity contribution in [2.75, 3.05) is 0 Å². The lowest BCUT2D eigenvalue weighted by molar-refractivity contribution is 0.0687. The molecular formula is C11H11NO3. The summed E-state index contributed by atoms with van der Waals surface area (Å²) in [6.45, 7) is 3.39. The van der Waals surface area contributed by atoms with Gasteiger partial charge < -0.3 is 9.84 Å². The molecule has 0 bridgehead atoms. The third-order valence-corrected chi connectivity index (χ3v) is 1.65. The van der Waals surface area contributed by atoms with Gasteiger partial charge in [-0.15, -0.1) is 6.42 Å². The Morgan fingerprint density at radius 1 is 1.60 bits per heavy atom. The number of carboxylic acids is 1. The van der Waals surface area contributed by atoms with E-state index in [2.05, 4.69) is 10.9 Å². The molecule has 4 nitrogen and oxygen atoms in total. The van der Waals surface area contributed by atoms with Gasteiger partial charge in [-0.05, 0) is 19.9 Å². The van der Waals surface area contributed by atoms with E-state index in [9.17, 15) is 4.79 Å². The molecule has 0 aliphatic heterocycles. The molecule has 78 valence electrons. The van der Waals surface area contributed by atoms with Crippen molar-refractivity contribution in [3.63, 3.8) is 0 Å². The molecular weight excluding hydrogens is 194 g/mol. The topological polar surface area (TPSA) is 59.4 Å². The van der Waals surface area contributed by atoms with E-state index in [1.165, 1.54) is 6.07 Å². The summed E-state index contributed by atoms with van der Waals surface area (Å²) in [5, 5.41) is 8.71. The molecule has 0 fully saturated rings. The minimum Gasteiger partial charge on any atom is -0.477 e. The molecule has 0 radical (unpaired) electrons. The van der Waals surface area contributed by atoms with Gasteiger partial charge in [-0.2, -0.15) is 0 Å². The average Bonchev–Trinajstić information content (AvgIpc) is 2.17. The normalized spacial score (nSPS) is 10.5. The molecule has 1 heterocycles. The number of rotatable bonds is 3. The molecule has 1 rings (SSSR count). The van der Waals surface area contributed by atoms with Crippen molar-refractivity contribution >= 4 is 5.97 Å². The summed E-state index contributed by atoms with van der Waals surface area (Å²) in [7, 11) is 0. The molecule has 0 saturated heterocycles. The summed E-state index contributed by atoms with van der Waals surface area (Å²) in [6.07, 6.45) is 5.23. The largest absolute Gasteiger partial charge is 0.477 e. The fourth-order valence-corrected chi connectivity index (χ4v) is 0.882. The van der Waals surface area contributed by atoms with Gasteiger partial charge in [0.2, 0.25) is 5.88 Å². The first kappa shape index (κ1) is 11.1. The lowest BCUT2D eigenvalue weighted by Crippen LogP contribution is -2.26. The highest BCUT2D eigenvalue weighted by atomic mass is 16.5. The highest BCUT2D eigenvalue weighted by Gasteiger charge is 2.17. The first-order valence-electron chi connectivity index (χ1n) is 4.32. The molecule has 0 aliphatic rings. The third kappa shape index (κ3) is 2.99. The molecule has 15 heavy (non-hydrogen) atoms. The third-order valence-electron chi connectivity index (χ3n) is 1.65. The lowest BCUT2D eigenvalue weighted by atomic mass is 10.1. The van der Waals surface area contributed by atoms with Crippen LogP contribution in [0.5, 0.6) is 5.88 Å². The second kappa shape index (κ2) is 4.01. The van der Waals surface area contributed by atoms with Gasteiger partial charge in [-0.1, -0.05) is 12.0 Å². The number of nitrogens with zero attached hydrogens (tertiary/aromatic N) is 1. The number of ether oxygens (including phenoxy) is 1. The van der Waals surface area contributed by atoms with Gasteiger partial charge in [-0.25, -0.2) is 9.78 Å². The van der Waals surface area contributed by atoms with Crippen molar-refractivity contribution in [1.82, 2.24) is 4.98 Å². The van der Waals surface area contributed by atoms with Crippen molar-refractivity contribution in [1.29, 1.82) is 0 Å². The maximum absolute atomic E-state index is 10.6. The van der Waals surface area contributed by atoms with Crippen molar-refractivity contribution in [2.45, 2.75) is 19.4 Å². The van der Waals surface area contributed by atoms with Crippen LogP contribution in [0.15, 0.2) is 18.2 Å². The zero-order chi connectivity index (χ0) is 11.5. The van der Waals surface area contributed by atoms with Crippen molar-refractivity contribution in [3.8, 4) is 18.2 Å². The fraction of sp³-hybridized carbons (Fsp3) is 0.273. The van der Waals surface area contributed by atoms with Crippen LogP contribution in [0.1, 0.15) is 24.3 Å². The van der Waals surface area contributed by atoms with Crippen LogP contribution in [-0.4, -0.2) is 21.7 Å². The minimum absolute atomic E-state index is 0.0691. The molecule has 1 aromatic heterocycles. The Balaban J connectivity index is 2.93. The van der Waals surface area contributed by atoms with Crippen LogP contribution >= 0.6 is 0 Å². The molecule has 0 saturated carbocycles. The van der Waals surface area contributed by atoms with E-state index in [0.29, 0.717) is 0 Å². The first-order chi connectivity index (χ1) is 6.94. The molecule has 4 heteroatoms. The number of carbonyl (C=O) groups is 1. The SMILES string of the molecule is C#CC(C)(C)Oc1cccc(C(=O)O)n1. The van der Waals surface area contributed by atoms with Crippen molar-refractivity contribution in [2.24, 2.45) is 0 Å². The Morgan fingerprint density at radius 2 is 2.27 bits per heavy atom. The predicted octanol–water partition coefficient (Wildman–Crippen LogP) is 1.57. The molecule has 0 spiro atoms. The van der Waals surface area contributed by atoms with Crippen LogP contribution in [0.25, 0.3) is 0 Å². The Hall–Kier alpha value is -2.02. The Morgan fingerprint density at radius 3 is 2.80 bits per heavy atom. The van der Waals surface area contributed by atoms with Crippen LogP contribution in [0, 0.1) is 12.3 Å². The first-order valence-corrected chi connectivity index (χ1v) is 4.32. The predicted molar refractivity (Wildman–Crippen MR) is 54.7 cm³/mol. The highest BCUT2D eigenvalue weighted by molar-refractivity contribution is 5.85. The average molecular weight is 205 g/mol.